The molecule has 0 aromatic heterocycles. The van der Waals surface area contributed by atoms with Gasteiger partial charge in [0, 0.05) is 0 Å². The number of halogens is 2. The van der Waals surface area contributed by atoms with Crippen LogP contribution in [0.4, 0.5) is 0 Å². The Morgan fingerprint density at radius 1 is 0.575 bits per heavy atom. The van der Waals surface area contributed by atoms with Crippen LogP contribution in [0.25, 0.3) is 21.5 Å². The van der Waals surface area contributed by atoms with E-state index in [0.717, 1.165) is 0 Å². The van der Waals surface area contributed by atoms with Crippen molar-refractivity contribution in [2.75, 3.05) is 0 Å². The van der Waals surface area contributed by atoms with Gasteiger partial charge in [-0.15, -0.1) is 81.2 Å². The third-order valence-electron chi connectivity index (χ3n) is 7.54. The number of hydrogen-bond donors (Lipinski definition) is 0. The van der Waals surface area contributed by atoms with Gasteiger partial charge in [0.2, 0.25) is 0 Å². The Morgan fingerprint density at radius 2 is 0.900 bits per heavy atom. The van der Waals surface area contributed by atoms with Gasteiger partial charge >= 0.3 is 51.6 Å². The van der Waals surface area contributed by atoms with E-state index in [-0.39, 0.29) is 0 Å². The van der Waals surface area contributed by atoms with Crippen molar-refractivity contribution in [3.63, 3.8) is 0 Å². The molecule has 0 radical (unpaired) electrons. The summed E-state index contributed by atoms with van der Waals surface area (Å²) in [5.41, 5.74) is 6.44. The molecular formula is C37H52Cl2Ti-2. The molecule has 0 aliphatic carbocycles. The van der Waals surface area contributed by atoms with Crippen LogP contribution in [0.15, 0.2) is 60.7 Å². The summed E-state index contributed by atoms with van der Waals surface area (Å²) >= 11 is -1.60. The predicted molar refractivity (Wildman–Crippen MR) is 182 cm³/mol. The first-order chi connectivity index (χ1) is 19.4. The summed E-state index contributed by atoms with van der Waals surface area (Å²) in [6, 6.07) is 22.5. The molecule has 0 unspecified atom stereocenters. The second-order valence-electron chi connectivity index (χ2n) is 11.1. The van der Waals surface area contributed by atoms with E-state index >= 15 is 0 Å². The van der Waals surface area contributed by atoms with Crippen LogP contribution in [0.5, 0.6) is 0 Å². The first kappa shape index (κ1) is 35.0. The maximum atomic E-state index is 5.51. The third-order valence-corrected chi connectivity index (χ3v) is 11.8. The summed E-state index contributed by atoms with van der Waals surface area (Å²) < 4.78 is 1.21. The Labute approximate surface area is 259 Å². The summed E-state index contributed by atoms with van der Waals surface area (Å²) in [6.07, 6.45) is 15.4. The molecule has 0 aliphatic rings. The molecule has 0 saturated carbocycles. The Bertz CT molecular complexity index is 1180. The molecule has 0 heterocycles. The Hall–Kier alpha value is -1.18. The molecule has 4 aromatic carbocycles. The Balaban J connectivity index is 0.000000234. The van der Waals surface area contributed by atoms with Crippen molar-refractivity contribution in [1.82, 2.24) is 0 Å². The van der Waals surface area contributed by atoms with Gasteiger partial charge in [0.1, 0.15) is 0 Å². The number of unbranched alkanes of at least 4 members (excludes halogenated alkanes) is 4. The van der Waals surface area contributed by atoms with E-state index in [1.807, 2.05) is 13.8 Å². The number of benzene rings is 2. The van der Waals surface area contributed by atoms with Gasteiger partial charge in [0.25, 0.3) is 0 Å². The minimum atomic E-state index is -1.60. The molecule has 0 nitrogen and oxygen atoms in total. The van der Waals surface area contributed by atoms with Crippen LogP contribution < -0.4 is 0 Å². The number of fused-ring (bicyclic) bond motifs is 2. The van der Waals surface area contributed by atoms with Gasteiger partial charge in [0.05, 0.1) is 0 Å². The summed E-state index contributed by atoms with van der Waals surface area (Å²) in [5, 5.41) is 5.86. The summed E-state index contributed by atoms with van der Waals surface area (Å²) in [5.74, 6) is 0. The molecule has 0 atom stereocenters. The Morgan fingerprint density at radius 3 is 1.23 bits per heavy atom. The summed E-state index contributed by atoms with van der Waals surface area (Å²) in [4.78, 5) is 0. The van der Waals surface area contributed by atoms with Gasteiger partial charge in [-0.3, -0.25) is 0 Å². The monoisotopic (exact) mass is 614 g/mol. The van der Waals surface area contributed by atoms with E-state index in [1.54, 1.807) is 22.3 Å². The van der Waals surface area contributed by atoms with Crippen LogP contribution in [0, 0.1) is 0 Å². The number of hydrogen-bond acceptors (Lipinski definition) is 0. The van der Waals surface area contributed by atoms with E-state index in [1.165, 1.54) is 102 Å². The third kappa shape index (κ3) is 11.2. The molecule has 0 spiro atoms. The number of rotatable bonds is 12. The van der Waals surface area contributed by atoms with Crippen molar-refractivity contribution in [3.05, 3.63) is 82.9 Å². The van der Waals surface area contributed by atoms with Gasteiger partial charge in [0.15, 0.2) is 0 Å². The zero-order valence-electron chi connectivity index (χ0n) is 26.0. The molecule has 0 bridgehead atoms. The van der Waals surface area contributed by atoms with E-state index in [2.05, 4.69) is 88.4 Å². The van der Waals surface area contributed by atoms with Gasteiger partial charge < -0.3 is 0 Å². The zero-order valence-corrected chi connectivity index (χ0v) is 29.1. The van der Waals surface area contributed by atoms with Crippen molar-refractivity contribution >= 4 is 44.0 Å². The van der Waals surface area contributed by atoms with Crippen molar-refractivity contribution in [3.8, 4) is 0 Å². The normalized spacial score (nSPS) is 10.7. The maximum absolute atomic E-state index is 5.51. The van der Waals surface area contributed by atoms with Gasteiger partial charge in [-0.1, -0.05) is 104 Å². The van der Waals surface area contributed by atoms with Crippen LogP contribution in [0.1, 0.15) is 115 Å². The fourth-order valence-corrected chi connectivity index (χ4v) is 5.17. The van der Waals surface area contributed by atoms with Crippen LogP contribution in [0.2, 0.25) is 0 Å². The van der Waals surface area contributed by atoms with Crippen molar-refractivity contribution < 1.29 is 15.3 Å². The molecule has 40 heavy (non-hydrogen) atoms. The first-order valence-corrected chi connectivity index (χ1v) is 20.8. The van der Waals surface area contributed by atoms with Gasteiger partial charge in [-0.2, -0.15) is 11.1 Å². The van der Waals surface area contributed by atoms with E-state index in [9.17, 15) is 0 Å². The van der Waals surface area contributed by atoms with E-state index < -0.39 is 15.3 Å². The number of aryl methyl sites for hydroxylation is 4. The van der Waals surface area contributed by atoms with E-state index in [4.69, 9.17) is 18.6 Å². The Kier molecular flexibility index (Phi) is 17.4. The standard InChI is InChI=1S/2C17H23.C3H6.2ClH.Ti/c2*1-3-5-9-14-13-15-10-7-8-12-17(15)16(14)11-6-4-2;1-3-2;;;/h2*7-8,10,12-13H,3-6,9,11H2,1-2H3;1-2H3;2*1H;/q2*-1;;;;+2/p-2. The summed E-state index contributed by atoms with van der Waals surface area (Å²) in [7, 11) is 11.0. The first-order valence-electron chi connectivity index (χ1n) is 15.7. The molecular weight excluding hydrogens is 563 g/mol. The van der Waals surface area contributed by atoms with Crippen molar-refractivity contribution in [2.45, 2.75) is 119 Å². The van der Waals surface area contributed by atoms with Crippen LogP contribution in [-0.2, 0) is 41.0 Å². The molecule has 0 N–H and O–H groups in total. The quantitative estimate of drug-likeness (QED) is 0.110. The van der Waals surface area contributed by atoms with Crippen LogP contribution in [-0.4, -0.2) is 3.81 Å². The second-order valence-corrected chi connectivity index (χ2v) is 17.4. The fourth-order valence-electron chi connectivity index (χ4n) is 5.17. The van der Waals surface area contributed by atoms with Gasteiger partial charge in [-0.05, 0) is 12.8 Å². The van der Waals surface area contributed by atoms with Gasteiger partial charge in [-0.25, -0.2) is 0 Å². The van der Waals surface area contributed by atoms with Crippen LogP contribution >= 0.6 is 18.6 Å². The molecule has 220 valence electrons. The molecule has 3 heteroatoms. The van der Waals surface area contributed by atoms with Crippen LogP contribution in [0.3, 0.4) is 0 Å². The predicted octanol–water partition coefficient (Wildman–Crippen LogP) is 12.6. The molecule has 0 fully saturated rings. The molecule has 0 amide bonds. The second kappa shape index (κ2) is 19.9. The average molecular weight is 616 g/mol. The molecule has 0 aliphatic heterocycles. The molecule has 4 aromatic rings. The zero-order chi connectivity index (χ0) is 29.3. The topological polar surface area (TPSA) is 0 Å². The fraction of sp³-hybridized carbons (Fsp3) is 0.486. The minimum absolute atomic E-state index is 1.21. The SMILES string of the molecule is CCCCc1[cH-]c2ccccc2c1CCCC.CCCCc1[cH-]c2ccccc2c1CCCC.C[C](C)=[Ti]([Cl])[Cl]. The molecule has 0 saturated heterocycles. The molecule has 4 rings (SSSR count). The average Bonchev–Trinajstić information content (AvgIpc) is 3.50. The van der Waals surface area contributed by atoms with Crippen molar-refractivity contribution in [1.29, 1.82) is 0 Å². The van der Waals surface area contributed by atoms with E-state index in [0.29, 0.717) is 0 Å². The van der Waals surface area contributed by atoms with Crippen molar-refractivity contribution in [2.24, 2.45) is 0 Å². The summed E-state index contributed by atoms with van der Waals surface area (Å²) in [6.45, 7) is 13.0.